The quantitative estimate of drug-likeness (QED) is 0.304. The Morgan fingerprint density at radius 2 is 1.00 bits per heavy atom. The summed E-state index contributed by atoms with van der Waals surface area (Å²) in [5, 5.41) is 0. The maximum Gasteiger partial charge on any atom is 0.0715 e. The summed E-state index contributed by atoms with van der Waals surface area (Å²) < 4.78 is 0. The number of benzene rings is 3. The number of aryl methyl sites for hydroxylation is 2. The van der Waals surface area contributed by atoms with Gasteiger partial charge in [0.25, 0.3) is 0 Å². The number of pyridine rings is 1. The summed E-state index contributed by atoms with van der Waals surface area (Å²) in [5.74, 6) is 0. The Kier molecular flexibility index (Phi) is 6.11. The van der Waals surface area contributed by atoms with E-state index in [1.807, 2.05) is 0 Å². The van der Waals surface area contributed by atoms with Crippen molar-refractivity contribution in [2.45, 2.75) is 25.7 Å². The standard InChI is InChI=1S/C33H36N4/c1-35(2)29-13-9-23(10-14-29)31-21-28(22-32(34-31)24-11-15-30(16-12-24)36(3)4)27-19-25-7-5-17-37-18-6-8-26(20-27)33(25)37/h9-16,19-22H,5-8,17-18H2,1-4H3. The topological polar surface area (TPSA) is 22.6 Å². The third-order valence-electron chi connectivity index (χ3n) is 7.85. The monoisotopic (exact) mass is 488 g/mol. The van der Waals surface area contributed by atoms with Crippen LogP contribution in [-0.4, -0.2) is 46.3 Å². The van der Waals surface area contributed by atoms with Crippen molar-refractivity contribution in [1.29, 1.82) is 0 Å². The minimum Gasteiger partial charge on any atom is -0.378 e. The molecule has 2 aliphatic heterocycles. The first-order valence-electron chi connectivity index (χ1n) is 13.4. The van der Waals surface area contributed by atoms with Crippen molar-refractivity contribution in [1.82, 2.24) is 4.98 Å². The molecule has 188 valence electrons. The molecule has 0 N–H and O–H groups in total. The molecule has 4 nitrogen and oxygen atoms in total. The number of aromatic nitrogens is 1. The molecule has 0 bridgehead atoms. The summed E-state index contributed by atoms with van der Waals surface area (Å²) in [6.07, 6.45) is 4.85. The molecular weight excluding hydrogens is 452 g/mol. The fraction of sp³-hybridized carbons (Fsp3) is 0.303. The highest BCUT2D eigenvalue weighted by Crippen LogP contribution is 2.40. The molecular formula is C33H36N4. The summed E-state index contributed by atoms with van der Waals surface area (Å²) in [5.41, 5.74) is 13.8. The highest BCUT2D eigenvalue weighted by molar-refractivity contribution is 5.80. The second-order valence-electron chi connectivity index (χ2n) is 10.8. The maximum absolute atomic E-state index is 5.17. The van der Waals surface area contributed by atoms with Crippen molar-refractivity contribution < 1.29 is 0 Å². The molecule has 37 heavy (non-hydrogen) atoms. The normalized spacial score (nSPS) is 14.3. The molecule has 0 atom stereocenters. The largest absolute Gasteiger partial charge is 0.378 e. The molecule has 0 radical (unpaired) electrons. The van der Waals surface area contributed by atoms with Crippen molar-refractivity contribution in [2.24, 2.45) is 0 Å². The zero-order chi connectivity index (χ0) is 25.5. The van der Waals surface area contributed by atoms with Gasteiger partial charge >= 0.3 is 0 Å². The van der Waals surface area contributed by atoms with Crippen LogP contribution in [0.15, 0.2) is 72.8 Å². The van der Waals surface area contributed by atoms with E-state index in [1.54, 1.807) is 0 Å². The Balaban J connectivity index is 1.49. The van der Waals surface area contributed by atoms with Gasteiger partial charge in [-0.05, 0) is 96.5 Å². The van der Waals surface area contributed by atoms with Gasteiger partial charge in [0.15, 0.2) is 0 Å². The molecule has 1 aromatic heterocycles. The Morgan fingerprint density at radius 3 is 1.43 bits per heavy atom. The van der Waals surface area contributed by atoms with Gasteiger partial charge in [0, 0.05) is 69.5 Å². The number of rotatable bonds is 5. The highest BCUT2D eigenvalue weighted by Gasteiger charge is 2.24. The Labute approximate surface area is 221 Å². The second kappa shape index (κ2) is 9.59. The molecule has 2 aliphatic rings. The Hall–Kier alpha value is -3.79. The number of nitrogens with zero attached hydrogens (tertiary/aromatic N) is 4. The van der Waals surface area contributed by atoms with Crippen LogP contribution < -0.4 is 14.7 Å². The fourth-order valence-electron chi connectivity index (χ4n) is 5.82. The third kappa shape index (κ3) is 4.57. The summed E-state index contributed by atoms with van der Waals surface area (Å²) in [6.45, 7) is 2.41. The van der Waals surface area contributed by atoms with E-state index >= 15 is 0 Å². The lowest BCUT2D eigenvalue weighted by atomic mass is 9.88. The van der Waals surface area contributed by atoms with Gasteiger partial charge in [0.05, 0.1) is 11.4 Å². The van der Waals surface area contributed by atoms with Gasteiger partial charge in [-0.2, -0.15) is 0 Å². The van der Waals surface area contributed by atoms with E-state index in [1.165, 1.54) is 78.1 Å². The number of hydrogen-bond donors (Lipinski definition) is 0. The van der Waals surface area contributed by atoms with Gasteiger partial charge in [-0.15, -0.1) is 0 Å². The molecule has 0 aliphatic carbocycles. The van der Waals surface area contributed by atoms with E-state index < -0.39 is 0 Å². The molecule has 4 aromatic rings. The summed E-state index contributed by atoms with van der Waals surface area (Å²) in [7, 11) is 8.31. The third-order valence-corrected chi connectivity index (χ3v) is 7.85. The Bertz CT molecular complexity index is 1320. The smallest absolute Gasteiger partial charge is 0.0715 e. The highest BCUT2D eigenvalue weighted by atomic mass is 15.1. The van der Waals surface area contributed by atoms with E-state index in [2.05, 4.69) is 116 Å². The van der Waals surface area contributed by atoms with E-state index in [-0.39, 0.29) is 0 Å². The predicted octanol–water partition coefficient (Wildman–Crippen LogP) is 6.91. The number of hydrogen-bond acceptors (Lipinski definition) is 4. The van der Waals surface area contributed by atoms with Crippen molar-refractivity contribution in [3.63, 3.8) is 0 Å². The zero-order valence-electron chi connectivity index (χ0n) is 22.5. The fourth-order valence-corrected chi connectivity index (χ4v) is 5.82. The average molecular weight is 489 g/mol. The van der Waals surface area contributed by atoms with E-state index in [0.29, 0.717) is 0 Å². The van der Waals surface area contributed by atoms with Crippen molar-refractivity contribution in [3.8, 4) is 33.6 Å². The van der Waals surface area contributed by atoms with Crippen molar-refractivity contribution in [2.75, 3.05) is 56.0 Å². The SMILES string of the molecule is CN(C)c1ccc(-c2cc(-c3cc4c5c(c3)CCCN5CCC4)cc(-c3ccc(N(C)C)cc3)n2)cc1. The van der Waals surface area contributed by atoms with Crippen molar-refractivity contribution in [3.05, 3.63) is 83.9 Å². The van der Waals surface area contributed by atoms with Crippen LogP contribution in [0, 0.1) is 0 Å². The van der Waals surface area contributed by atoms with Gasteiger partial charge in [0.1, 0.15) is 0 Å². The minimum absolute atomic E-state index is 1.02. The summed E-state index contributed by atoms with van der Waals surface area (Å²) >= 11 is 0. The second-order valence-corrected chi connectivity index (χ2v) is 10.8. The molecule has 3 heterocycles. The molecule has 0 spiro atoms. The molecule has 0 fully saturated rings. The molecule has 4 heteroatoms. The lowest BCUT2D eigenvalue weighted by molar-refractivity contribution is 0.634. The minimum atomic E-state index is 1.02. The van der Waals surface area contributed by atoms with E-state index in [4.69, 9.17) is 4.98 Å². The van der Waals surface area contributed by atoms with Crippen LogP contribution in [0.1, 0.15) is 24.0 Å². The molecule has 0 saturated heterocycles. The first-order valence-corrected chi connectivity index (χ1v) is 13.4. The van der Waals surface area contributed by atoms with Gasteiger partial charge in [-0.25, -0.2) is 4.98 Å². The van der Waals surface area contributed by atoms with E-state index in [9.17, 15) is 0 Å². The number of anilines is 3. The average Bonchev–Trinajstić information content (AvgIpc) is 2.93. The van der Waals surface area contributed by atoms with Crippen molar-refractivity contribution >= 4 is 17.1 Å². The molecule has 0 unspecified atom stereocenters. The van der Waals surface area contributed by atoms with Gasteiger partial charge < -0.3 is 14.7 Å². The first kappa shape index (κ1) is 23.6. The summed E-state index contributed by atoms with van der Waals surface area (Å²) in [6, 6.07) is 26.9. The lowest BCUT2D eigenvalue weighted by Gasteiger charge is -2.37. The molecule has 3 aromatic carbocycles. The van der Waals surface area contributed by atoms with Crippen LogP contribution in [0.5, 0.6) is 0 Å². The summed E-state index contributed by atoms with van der Waals surface area (Å²) in [4.78, 5) is 12.0. The first-order chi connectivity index (χ1) is 18.0. The van der Waals surface area contributed by atoms with Gasteiger partial charge in [0.2, 0.25) is 0 Å². The Morgan fingerprint density at radius 1 is 0.568 bits per heavy atom. The molecule has 0 amide bonds. The van der Waals surface area contributed by atoms with Crippen LogP contribution in [0.25, 0.3) is 33.6 Å². The predicted molar refractivity (Wildman–Crippen MR) is 158 cm³/mol. The van der Waals surface area contributed by atoms with Gasteiger partial charge in [-0.3, -0.25) is 0 Å². The zero-order valence-corrected chi connectivity index (χ0v) is 22.5. The van der Waals surface area contributed by atoms with E-state index in [0.717, 1.165) is 22.5 Å². The van der Waals surface area contributed by atoms with Crippen LogP contribution in [0.4, 0.5) is 17.1 Å². The van der Waals surface area contributed by atoms with Crippen LogP contribution in [-0.2, 0) is 12.8 Å². The van der Waals surface area contributed by atoms with Crippen LogP contribution >= 0.6 is 0 Å². The van der Waals surface area contributed by atoms with Gasteiger partial charge in [-0.1, -0.05) is 24.3 Å². The maximum atomic E-state index is 5.17. The lowest BCUT2D eigenvalue weighted by Crippen LogP contribution is -2.34. The molecule has 0 saturated carbocycles. The molecule has 6 rings (SSSR count). The van der Waals surface area contributed by atoms with Crippen LogP contribution in [0.2, 0.25) is 0 Å². The van der Waals surface area contributed by atoms with Crippen LogP contribution in [0.3, 0.4) is 0 Å².